The molecule has 0 aliphatic heterocycles. The van der Waals surface area contributed by atoms with Gasteiger partial charge in [-0.15, -0.1) is 11.3 Å². The van der Waals surface area contributed by atoms with Crippen LogP contribution in [0.1, 0.15) is 15.9 Å². The van der Waals surface area contributed by atoms with Gasteiger partial charge in [0.25, 0.3) is 0 Å². The summed E-state index contributed by atoms with van der Waals surface area (Å²) in [4.78, 5) is 10.7. The summed E-state index contributed by atoms with van der Waals surface area (Å²) >= 11 is 7.10. The monoisotopic (exact) mass is 228 g/mol. The van der Waals surface area contributed by atoms with E-state index < -0.39 is 0 Å². The Labute approximate surface area is 89.1 Å². The van der Waals surface area contributed by atoms with Gasteiger partial charge in [0, 0.05) is 15.6 Å². The van der Waals surface area contributed by atoms with Gasteiger partial charge in [-0.1, -0.05) is 11.6 Å². The molecule has 0 aliphatic rings. The Kier molecular flexibility index (Phi) is 2.29. The fourth-order valence-corrected chi connectivity index (χ4v) is 2.74. The van der Waals surface area contributed by atoms with E-state index in [1.807, 2.05) is 0 Å². The molecule has 0 aliphatic carbocycles. The molecule has 0 fully saturated rings. The van der Waals surface area contributed by atoms with Gasteiger partial charge in [-0.05, 0) is 19.1 Å². The molecular formula is C10H6ClFOS. The second-order valence-corrected chi connectivity index (χ2v) is 4.58. The van der Waals surface area contributed by atoms with Crippen LogP contribution in [0, 0.1) is 12.7 Å². The van der Waals surface area contributed by atoms with Crippen LogP contribution in [0.2, 0.25) is 4.34 Å². The Morgan fingerprint density at radius 1 is 1.50 bits per heavy atom. The first-order chi connectivity index (χ1) is 6.65. The van der Waals surface area contributed by atoms with E-state index in [4.69, 9.17) is 11.6 Å². The number of aldehydes is 1. The molecule has 0 N–H and O–H groups in total. The van der Waals surface area contributed by atoms with Crippen molar-refractivity contribution in [2.45, 2.75) is 6.92 Å². The molecule has 0 spiro atoms. The molecule has 0 radical (unpaired) electrons. The zero-order chi connectivity index (χ0) is 10.3. The van der Waals surface area contributed by atoms with Gasteiger partial charge in [0.2, 0.25) is 0 Å². The van der Waals surface area contributed by atoms with Gasteiger partial charge in [0.05, 0.1) is 5.56 Å². The summed E-state index contributed by atoms with van der Waals surface area (Å²) in [6.07, 6.45) is 0.707. The van der Waals surface area contributed by atoms with E-state index in [0.717, 1.165) is 10.1 Å². The molecule has 2 aromatic rings. The number of thiophene rings is 1. The number of halogens is 2. The first-order valence-corrected chi connectivity index (χ1v) is 5.17. The summed E-state index contributed by atoms with van der Waals surface area (Å²) in [7, 11) is 0. The van der Waals surface area contributed by atoms with E-state index in [-0.39, 0.29) is 5.82 Å². The smallest absolute Gasteiger partial charge is 0.153 e. The minimum absolute atomic E-state index is 0.270. The lowest BCUT2D eigenvalue weighted by Crippen LogP contribution is -1.82. The zero-order valence-corrected chi connectivity index (χ0v) is 8.88. The third kappa shape index (κ3) is 1.24. The summed E-state index contributed by atoms with van der Waals surface area (Å²) in [5.41, 5.74) is 0.997. The topological polar surface area (TPSA) is 17.1 Å². The number of rotatable bonds is 1. The first-order valence-electron chi connectivity index (χ1n) is 3.97. The molecule has 0 saturated carbocycles. The molecule has 1 aromatic carbocycles. The van der Waals surface area contributed by atoms with Crippen molar-refractivity contribution in [3.8, 4) is 0 Å². The number of carbonyl (C=O) groups excluding carboxylic acids is 1. The molecule has 0 saturated heterocycles. The summed E-state index contributed by atoms with van der Waals surface area (Å²) in [5, 5.41) is 0.730. The molecule has 1 nitrogen and oxygen atoms in total. The molecule has 0 atom stereocenters. The van der Waals surface area contributed by atoms with E-state index in [1.165, 1.54) is 17.4 Å². The highest BCUT2D eigenvalue weighted by atomic mass is 35.5. The third-order valence-corrected chi connectivity index (χ3v) is 3.72. The average molecular weight is 229 g/mol. The highest BCUT2D eigenvalue weighted by molar-refractivity contribution is 7.23. The molecule has 14 heavy (non-hydrogen) atoms. The van der Waals surface area contributed by atoms with Crippen LogP contribution in [0.25, 0.3) is 10.1 Å². The SMILES string of the molecule is Cc1c(F)ccc2c(C=O)c(Cl)sc12. The van der Waals surface area contributed by atoms with Crippen molar-refractivity contribution < 1.29 is 9.18 Å². The van der Waals surface area contributed by atoms with Crippen molar-refractivity contribution in [1.29, 1.82) is 0 Å². The number of carbonyl (C=O) groups is 1. The van der Waals surface area contributed by atoms with Gasteiger partial charge in [0.1, 0.15) is 10.2 Å². The maximum atomic E-state index is 13.2. The lowest BCUT2D eigenvalue weighted by Gasteiger charge is -1.96. The largest absolute Gasteiger partial charge is 0.298 e. The Hall–Kier alpha value is -0.930. The standard InChI is InChI=1S/C10H6ClFOS/c1-5-8(12)3-2-6-7(4-13)10(11)14-9(5)6/h2-4H,1H3. The first kappa shape index (κ1) is 9.62. The number of hydrogen-bond donors (Lipinski definition) is 0. The van der Waals surface area contributed by atoms with Crippen LogP contribution in [0.4, 0.5) is 4.39 Å². The van der Waals surface area contributed by atoms with Crippen LogP contribution in [-0.2, 0) is 0 Å². The molecule has 0 bridgehead atoms. The van der Waals surface area contributed by atoms with E-state index in [9.17, 15) is 9.18 Å². The third-order valence-electron chi connectivity index (χ3n) is 2.15. The van der Waals surface area contributed by atoms with Gasteiger partial charge in [-0.2, -0.15) is 0 Å². The Bertz CT molecular complexity index is 518. The molecule has 2 rings (SSSR count). The highest BCUT2D eigenvalue weighted by Gasteiger charge is 2.13. The number of fused-ring (bicyclic) bond motifs is 1. The average Bonchev–Trinajstić information content (AvgIpc) is 2.49. The van der Waals surface area contributed by atoms with E-state index >= 15 is 0 Å². The number of aryl methyl sites for hydroxylation is 1. The van der Waals surface area contributed by atoms with Gasteiger partial charge in [-0.25, -0.2) is 4.39 Å². The summed E-state index contributed by atoms with van der Waals surface area (Å²) in [5.74, 6) is -0.270. The minimum atomic E-state index is -0.270. The molecule has 4 heteroatoms. The maximum Gasteiger partial charge on any atom is 0.153 e. The minimum Gasteiger partial charge on any atom is -0.298 e. The lowest BCUT2D eigenvalue weighted by atomic mass is 10.1. The normalized spacial score (nSPS) is 10.8. The van der Waals surface area contributed by atoms with Crippen LogP contribution in [0.5, 0.6) is 0 Å². The predicted molar refractivity (Wildman–Crippen MR) is 56.9 cm³/mol. The molecule has 1 heterocycles. The zero-order valence-electron chi connectivity index (χ0n) is 7.30. The Morgan fingerprint density at radius 3 is 2.86 bits per heavy atom. The van der Waals surface area contributed by atoms with Gasteiger partial charge < -0.3 is 0 Å². The predicted octanol–water partition coefficient (Wildman–Crippen LogP) is 3.81. The number of benzene rings is 1. The van der Waals surface area contributed by atoms with Gasteiger partial charge in [0.15, 0.2) is 6.29 Å². The van der Waals surface area contributed by atoms with Crippen molar-refractivity contribution in [2.24, 2.45) is 0 Å². The highest BCUT2D eigenvalue weighted by Crippen LogP contribution is 2.36. The Balaban J connectivity index is 2.93. The van der Waals surface area contributed by atoms with Crippen molar-refractivity contribution in [1.82, 2.24) is 0 Å². The van der Waals surface area contributed by atoms with Crippen molar-refractivity contribution in [3.63, 3.8) is 0 Å². The summed E-state index contributed by atoms with van der Waals surface area (Å²) in [6.45, 7) is 1.68. The molecule has 72 valence electrons. The van der Waals surface area contributed by atoms with Gasteiger partial charge in [-0.3, -0.25) is 4.79 Å². The van der Waals surface area contributed by atoms with Crippen LogP contribution in [0.3, 0.4) is 0 Å². The summed E-state index contributed by atoms with van der Waals surface area (Å²) < 4.78 is 14.3. The van der Waals surface area contributed by atoms with Gasteiger partial charge >= 0.3 is 0 Å². The van der Waals surface area contributed by atoms with Crippen LogP contribution in [-0.4, -0.2) is 6.29 Å². The molecular weight excluding hydrogens is 223 g/mol. The van der Waals surface area contributed by atoms with Crippen molar-refractivity contribution >= 4 is 39.3 Å². The molecule has 1 aromatic heterocycles. The second kappa shape index (κ2) is 3.33. The van der Waals surface area contributed by atoms with Crippen molar-refractivity contribution in [3.05, 3.63) is 33.4 Å². The molecule has 0 unspecified atom stereocenters. The number of hydrogen-bond acceptors (Lipinski definition) is 2. The van der Waals surface area contributed by atoms with Crippen LogP contribution < -0.4 is 0 Å². The maximum absolute atomic E-state index is 13.2. The fraction of sp³-hybridized carbons (Fsp3) is 0.100. The molecule has 0 amide bonds. The van der Waals surface area contributed by atoms with E-state index in [0.29, 0.717) is 21.7 Å². The van der Waals surface area contributed by atoms with Crippen LogP contribution in [0.15, 0.2) is 12.1 Å². The summed E-state index contributed by atoms with van der Waals surface area (Å²) in [6, 6.07) is 2.94. The van der Waals surface area contributed by atoms with E-state index in [2.05, 4.69) is 0 Å². The second-order valence-electron chi connectivity index (χ2n) is 2.96. The van der Waals surface area contributed by atoms with E-state index in [1.54, 1.807) is 13.0 Å². The van der Waals surface area contributed by atoms with Crippen LogP contribution >= 0.6 is 22.9 Å². The lowest BCUT2D eigenvalue weighted by molar-refractivity contribution is 0.112. The Morgan fingerprint density at radius 2 is 2.21 bits per heavy atom. The quantitative estimate of drug-likeness (QED) is 0.679. The van der Waals surface area contributed by atoms with Crippen molar-refractivity contribution in [2.75, 3.05) is 0 Å². The fourth-order valence-electron chi connectivity index (χ4n) is 1.37.